The smallest absolute Gasteiger partial charge is 0.0317 e. The summed E-state index contributed by atoms with van der Waals surface area (Å²) in [5.41, 5.74) is 1.48. The Morgan fingerprint density at radius 2 is 1.47 bits per heavy atom. The van der Waals surface area contributed by atoms with E-state index in [4.69, 9.17) is 0 Å². The van der Waals surface area contributed by atoms with Gasteiger partial charge in [-0.25, -0.2) is 0 Å². The summed E-state index contributed by atoms with van der Waals surface area (Å²) >= 11 is 1.94. The maximum absolute atomic E-state index is 2.38. The highest BCUT2D eigenvalue weighted by Crippen LogP contribution is 2.59. The van der Waals surface area contributed by atoms with E-state index in [1.165, 1.54) is 5.56 Å². The zero-order valence-corrected chi connectivity index (χ0v) is 12.7. The molecule has 86 valence electrons. The minimum atomic E-state index is -0.103. The maximum Gasteiger partial charge on any atom is 0.0317 e. The van der Waals surface area contributed by atoms with Gasteiger partial charge < -0.3 is 0 Å². The second-order valence-corrected chi connectivity index (χ2v) is 11.1. The third-order valence-corrected chi connectivity index (χ3v) is 7.50. The topological polar surface area (TPSA) is 0 Å². The fraction of sp³-hybridized carbons (Fsp3) is 0.692. The van der Waals surface area contributed by atoms with Gasteiger partial charge in [-0.3, -0.25) is 0 Å². The molecule has 1 aromatic rings. The molecule has 0 radical (unpaired) electrons. The lowest BCUT2D eigenvalue weighted by molar-refractivity contribution is 0.715. The molecular weight excluding hydrogens is 219 g/mol. The Balaban J connectivity index is 3.20. The summed E-state index contributed by atoms with van der Waals surface area (Å²) in [5.74, 6) is 0. The molecule has 0 aliphatic heterocycles. The summed E-state index contributed by atoms with van der Waals surface area (Å²) in [6.07, 6.45) is 0. The summed E-state index contributed by atoms with van der Waals surface area (Å²) < 4.78 is 1.63. The molecule has 0 saturated heterocycles. The monoisotopic (exact) mass is 242 g/mol. The van der Waals surface area contributed by atoms with Crippen LogP contribution < -0.4 is 4.62 Å². The Morgan fingerprint density at radius 3 is 1.73 bits per heavy atom. The van der Waals surface area contributed by atoms with Crippen LogP contribution in [0.1, 0.15) is 47.1 Å². The van der Waals surface area contributed by atoms with Crippen molar-refractivity contribution in [2.75, 3.05) is 0 Å². The molecule has 1 aromatic heterocycles. The van der Waals surface area contributed by atoms with Crippen LogP contribution in [0, 0.1) is 6.92 Å². The molecule has 0 fully saturated rings. The van der Waals surface area contributed by atoms with E-state index >= 15 is 0 Å². The fourth-order valence-electron chi connectivity index (χ4n) is 2.21. The minimum absolute atomic E-state index is 0.103. The zero-order chi connectivity index (χ0) is 11.9. The van der Waals surface area contributed by atoms with Crippen molar-refractivity contribution >= 4 is 23.9 Å². The van der Waals surface area contributed by atoms with E-state index in [1.807, 2.05) is 11.3 Å². The predicted octanol–water partition coefficient (Wildman–Crippen LogP) is 4.76. The molecule has 0 aromatic carbocycles. The molecule has 0 saturated carbocycles. The highest BCUT2D eigenvalue weighted by Gasteiger charge is 2.36. The highest BCUT2D eigenvalue weighted by molar-refractivity contribution is 7.74. The van der Waals surface area contributed by atoms with Gasteiger partial charge in [-0.05, 0) is 34.2 Å². The molecule has 0 nitrogen and oxygen atoms in total. The lowest BCUT2D eigenvalue weighted by atomic mass is 10.2. The van der Waals surface area contributed by atoms with Crippen LogP contribution in [0.4, 0.5) is 0 Å². The van der Waals surface area contributed by atoms with Crippen molar-refractivity contribution in [2.45, 2.75) is 58.8 Å². The van der Waals surface area contributed by atoms with Gasteiger partial charge in [0.1, 0.15) is 0 Å². The second kappa shape index (κ2) is 4.18. The van der Waals surface area contributed by atoms with Gasteiger partial charge in [0.25, 0.3) is 0 Å². The van der Waals surface area contributed by atoms with Crippen LogP contribution in [0.25, 0.3) is 0 Å². The molecule has 1 rings (SSSR count). The fourth-order valence-corrected chi connectivity index (χ4v) is 8.77. The lowest BCUT2D eigenvalue weighted by Crippen LogP contribution is -2.30. The van der Waals surface area contributed by atoms with E-state index in [-0.39, 0.29) is 7.92 Å². The highest BCUT2D eigenvalue weighted by atomic mass is 32.1. The second-order valence-electron chi connectivity index (χ2n) is 6.09. The van der Waals surface area contributed by atoms with Gasteiger partial charge in [-0.1, -0.05) is 49.5 Å². The summed E-state index contributed by atoms with van der Waals surface area (Å²) in [6, 6.07) is 2.26. The first-order valence-electron chi connectivity index (χ1n) is 5.48. The lowest BCUT2D eigenvalue weighted by Gasteiger charge is -2.41. The van der Waals surface area contributed by atoms with Crippen molar-refractivity contribution in [1.82, 2.24) is 0 Å². The van der Waals surface area contributed by atoms with E-state index in [9.17, 15) is 0 Å². The van der Waals surface area contributed by atoms with Crippen molar-refractivity contribution < 1.29 is 0 Å². The zero-order valence-electron chi connectivity index (χ0n) is 11.0. The Kier molecular flexibility index (Phi) is 3.68. The molecule has 2 heteroatoms. The summed E-state index contributed by atoms with van der Waals surface area (Å²) in [5, 5.41) is 3.02. The molecule has 1 heterocycles. The van der Waals surface area contributed by atoms with Crippen molar-refractivity contribution in [3.63, 3.8) is 0 Å². The predicted molar refractivity (Wildman–Crippen MR) is 75.1 cm³/mol. The molecule has 0 amide bonds. The first-order valence-corrected chi connectivity index (χ1v) is 7.70. The Bertz CT molecular complexity index is 311. The van der Waals surface area contributed by atoms with Gasteiger partial charge in [-0.2, -0.15) is 0 Å². The Hall–Kier alpha value is 0.130. The van der Waals surface area contributed by atoms with Crippen molar-refractivity contribution in [1.29, 1.82) is 0 Å². The molecule has 0 spiro atoms. The van der Waals surface area contributed by atoms with Gasteiger partial charge in [0.05, 0.1) is 0 Å². The quantitative estimate of drug-likeness (QED) is 0.623. The van der Waals surface area contributed by atoms with Crippen molar-refractivity contribution in [2.24, 2.45) is 0 Å². The number of thiophene rings is 1. The van der Waals surface area contributed by atoms with Crippen LogP contribution >= 0.6 is 19.3 Å². The number of rotatable bonds is 1. The largest absolute Gasteiger partial charge is 0.144 e. The number of aryl methyl sites for hydroxylation is 1. The van der Waals surface area contributed by atoms with Gasteiger partial charge in [-0.15, -0.1) is 11.3 Å². The van der Waals surface area contributed by atoms with Crippen LogP contribution in [0.3, 0.4) is 0 Å². The van der Waals surface area contributed by atoms with Gasteiger partial charge in [0, 0.05) is 4.62 Å². The van der Waals surface area contributed by atoms with Crippen LogP contribution in [0.2, 0.25) is 0 Å². The number of hydrogen-bond acceptors (Lipinski definition) is 1. The summed E-state index contributed by atoms with van der Waals surface area (Å²) in [7, 11) is -0.103. The Morgan fingerprint density at radius 1 is 1.00 bits per heavy atom. The van der Waals surface area contributed by atoms with Crippen LogP contribution in [-0.2, 0) is 0 Å². The first-order chi connectivity index (χ1) is 6.64. The van der Waals surface area contributed by atoms with Gasteiger partial charge >= 0.3 is 0 Å². The SMILES string of the molecule is Cc1ccsc1P(C(C)(C)C)C(C)(C)C. The average molecular weight is 242 g/mol. The Labute approximate surface area is 99.9 Å². The van der Waals surface area contributed by atoms with Crippen molar-refractivity contribution in [3.8, 4) is 0 Å². The molecule has 0 aliphatic carbocycles. The molecule has 0 unspecified atom stereocenters. The summed E-state index contributed by atoms with van der Waals surface area (Å²) in [6.45, 7) is 16.5. The van der Waals surface area contributed by atoms with E-state index in [0.29, 0.717) is 10.3 Å². The molecule has 0 atom stereocenters. The maximum atomic E-state index is 2.38. The van der Waals surface area contributed by atoms with Crippen LogP contribution in [-0.4, -0.2) is 10.3 Å². The van der Waals surface area contributed by atoms with E-state index in [0.717, 1.165) is 0 Å². The van der Waals surface area contributed by atoms with E-state index < -0.39 is 0 Å². The van der Waals surface area contributed by atoms with Crippen LogP contribution in [0.5, 0.6) is 0 Å². The molecule has 0 bridgehead atoms. The molecular formula is C13H23PS. The minimum Gasteiger partial charge on any atom is -0.144 e. The normalized spacial score (nSPS) is 13.6. The third-order valence-electron chi connectivity index (χ3n) is 2.38. The summed E-state index contributed by atoms with van der Waals surface area (Å²) in [4.78, 5) is 0. The van der Waals surface area contributed by atoms with E-state index in [1.54, 1.807) is 4.62 Å². The average Bonchev–Trinajstić information content (AvgIpc) is 2.30. The van der Waals surface area contributed by atoms with Gasteiger partial charge in [0.2, 0.25) is 0 Å². The molecule has 0 N–H and O–H groups in total. The molecule has 15 heavy (non-hydrogen) atoms. The van der Waals surface area contributed by atoms with E-state index in [2.05, 4.69) is 59.9 Å². The third kappa shape index (κ3) is 3.04. The van der Waals surface area contributed by atoms with Gasteiger partial charge in [0.15, 0.2) is 0 Å². The van der Waals surface area contributed by atoms with Crippen molar-refractivity contribution in [3.05, 3.63) is 17.0 Å². The number of hydrogen-bond donors (Lipinski definition) is 0. The standard InChI is InChI=1S/C13H23PS/c1-10-8-9-15-11(10)14(12(2,3)4)13(5,6)7/h8-9H,1-7H3. The molecule has 0 aliphatic rings. The van der Waals surface area contributed by atoms with Crippen LogP contribution in [0.15, 0.2) is 11.4 Å². The first kappa shape index (κ1) is 13.2.